The molecule has 4 aliphatic heterocycles. The van der Waals surface area contributed by atoms with Gasteiger partial charge in [-0.1, -0.05) is 48.0 Å². The molecule has 0 aliphatic carbocycles. The van der Waals surface area contributed by atoms with Crippen molar-refractivity contribution in [1.82, 2.24) is 99.9 Å². The number of nitrogens with two attached hydrogens (primary N) is 4. The van der Waals surface area contributed by atoms with Gasteiger partial charge >= 0.3 is 23.7 Å². The Balaban J connectivity index is 0.000000207. The van der Waals surface area contributed by atoms with Gasteiger partial charge < -0.3 is 82.1 Å². The number of aromatic nitrogens is 12. The van der Waals surface area contributed by atoms with E-state index in [9.17, 15) is 126 Å². The molecule has 8 aromatic rings. The zero-order valence-electron chi connectivity index (χ0n) is 76.9. The van der Waals surface area contributed by atoms with Gasteiger partial charge in [0.05, 0.1) is 50.8 Å². The highest BCUT2D eigenvalue weighted by Crippen LogP contribution is 2.34. The summed E-state index contributed by atoms with van der Waals surface area (Å²) in [5, 5.41) is 39.4. The molecule has 8 heterocycles. The van der Waals surface area contributed by atoms with Crippen LogP contribution >= 0.6 is 0 Å². The molecule has 4 aromatic heterocycles. The van der Waals surface area contributed by atoms with Crippen LogP contribution in [0.4, 0.5) is 87.8 Å². The van der Waals surface area contributed by atoms with Gasteiger partial charge in [0.15, 0.2) is 69.8 Å². The first-order valence-corrected chi connectivity index (χ1v) is 43.9. The maximum Gasteiger partial charge on any atom is 0.304 e. The number of amides is 8. The lowest BCUT2D eigenvalue weighted by molar-refractivity contribution is -0.135. The summed E-state index contributed by atoms with van der Waals surface area (Å²) in [6.45, 7) is 13.4. The van der Waals surface area contributed by atoms with Crippen molar-refractivity contribution in [3.8, 4) is 0 Å². The number of halogens is 20. The van der Waals surface area contributed by atoms with E-state index in [-0.39, 0.29) is 193 Å². The van der Waals surface area contributed by atoms with Crippen LogP contribution in [0.5, 0.6) is 0 Å². The molecule has 8 unspecified atom stereocenters. The van der Waals surface area contributed by atoms with Gasteiger partial charge in [0, 0.05) is 154 Å². The van der Waals surface area contributed by atoms with Crippen LogP contribution in [0.1, 0.15) is 177 Å². The summed E-state index contributed by atoms with van der Waals surface area (Å²) in [5.74, 6) is -33.2. The van der Waals surface area contributed by atoms with E-state index < -0.39 is 213 Å². The van der Waals surface area contributed by atoms with E-state index in [1.807, 2.05) is 20.8 Å². The van der Waals surface area contributed by atoms with Crippen LogP contribution in [-0.2, 0) is 140 Å². The number of nitrogens with one attached hydrogen (secondary N) is 4. The van der Waals surface area contributed by atoms with Crippen molar-refractivity contribution in [2.75, 3.05) is 32.7 Å². The summed E-state index contributed by atoms with van der Waals surface area (Å²) in [6.07, 6.45) is -1.49. The molecular formula is C87H106F20N24O8. The van der Waals surface area contributed by atoms with E-state index >= 15 is 0 Å². The predicted octanol–water partition coefficient (Wildman–Crippen LogP) is 8.76. The molecule has 52 heteroatoms. The molecule has 8 amide bonds. The van der Waals surface area contributed by atoms with Gasteiger partial charge in [-0.25, -0.2) is 52.7 Å². The molecule has 0 radical (unpaired) electrons. The fourth-order valence-electron chi connectivity index (χ4n) is 15.4. The van der Waals surface area contributed by atoms with Crippen LogP contribution in [0.15, 0.2) is 48.5 Å². The van der Waals surface area contributed by atoms with Crippen LogP contribution in [0.2, 0.25) is 0 Å². The summed E-state index contributed by atoms with van der Waals surface area (Å²) in [4.78, 5) is 107. The van der Waals surface area contributed by atoms with E-state index in [0.29, 0.717) is 89.1 Å². The number of rotatable bonds is 33. The Morgan fingerprint density at radius 2 is 0.583 bits per heavy atom. The average Bonchev–Trinajstić information content (AvgIpc) is 1.66. The van der Waals surface area contributed by atoms with Crippen molar-refractivity contribution in [3.05, 3.63) is 187 Å². The van der Waals surface area contributed by atoms with Crippen LogP contribution in [0.25, 0.3) is 0 Å². The van der Waals surface area contributed by atoms with Gasteiger partial charge in [0.2, 0.25) is 70.6 Å². The Kier molecular flexibility index (Phi) is 37.0. The van der Waals surface area contributed by atoms with E-state index in [0.717, 1.165) is 0 Å². The molecule has 12 rings (SSSR count). The molecule has 0 fully saturated rings. The van der Waals surface area contributed by atoms with Crippen LogP contribution in [-0.4, -0.2) is 201 Å². The van der Waals surface area contributed by atoms with Gasteiger partial charge in [-0.15, -0.1) is 40.8 Å². The summed E-state index contributed by atoms with van der Waals surface area (Å²) in [6, 6.07) is -2.37. The number of nitrogens with zero attached hydrogens (tertiary/aromatic N) is 16. The highest BCUT2D eigenvalue weighted by atomic mass is 19.3. The SMILES string of the molecule is CC(C)C(N)C(=O)NC(CC(=O)N1CCn2c(nnc2C(C)(F)F)C1)Cc1cc(F)c(F)cc1F.CC(C)CC(N)C(=O)NC(CC(=O)N1CCn2c(nnc2C(C)(F)F)C1)Cc1cc(F)c(F)cc1F.CC(F)(F)c1nnc2n1CCN(C(=O)CC(Cc1cc(F)c(F)cc1F)NC(=O)CN)C2.CCC(C)C(N)C(=O)NC(CC(=O)N1CCn2c(nnc2C(C)(F)F)C1)Cc1cc(F)c(F)cc1F. The first-order valence-electron chi connectivity index (χ1n) is 43.9. The molecule has 4 aromatic carbocycles. The van der Waals surface area contributed by atoms with Crippen molar-refractivity contribution >= 4 is 47.3 Å². The maximum absolute atomic E-state index is 14.3. The minimum Gasteiger partial charge on any atom is -0.351 e. The smallest absolute Gasteiger partial charge is 0.304 e. The second-order valence-corrected chi connectivity index (χ2v) is 35.2. The highest BCUT2D eigenvalue weighted by Gasteiger charge is 2.42. The number of alkyl halides is 8. The third-order valence-corrected chi connectivity index (χ3v) is 23.1. The number of benzene rings is 4. The van der Waals surface area contributed by atoms with Crippen molar-refractivity contribution in [3.63, 3.8) is 0 Å². The monoisotopic (exact) mass is 1990 g/mol. The molecular weight excluding hydrogens is 1890 g/mol. The van der Waals surface area contributed by atoms with E-state index in [2.05, 4.69) is 62.1 Å². The van der Waals surface area contributed by atoms with Gasteiger partial charge in [-0.05, 0) is 96.4 Å². The van der Waals surface area contributed by atoms with Gasteiger partial charge in [-0.3, -0.25) is 38.4 Å². The summed E-state index contributed by atoms with van der Waals surface area (Å²) < 4.78 is 279. The predicted molar refractivity (Wildman–Crippen MR) is 453 cm³/mol. The summed E-state index contributed by atoms with van der Waals surface area (Å²) >= 11 is 0. The normalized spacial score (nSPS) is 15.6. The molecule has 139 heavy (non-hydrogen) atoms. The zero-order valence-corrected chi connectivity index (χ0v) is 76.9. The Morgan fingerprint density at radius 3 is 0.813 bits per heavy atom. The Morgan fingerprint density at radius 1 is 0.345 bits per heavy atom. The van der Waals surface area contributed by atoms with Crippen LogP contribution < -0.4 is 44.2 Å². The number of carbonyl (C=O) groups excluding carboxylic acids is 8. The van der Waals surface area contributed by atoms with E-state index in [1.54, 1.807) is 20.8 Å². The van der Waals surface area contributed by atoms with Crippen molar-refractivity contribution < 1.29 is 126 Å². The van der Waals surface area contributed by atoms with Gasteiger partial charge in [-0.2, -0.15) is 35.1 Å². The fraction of sp³-hybridized carbons (Fsp3) is 0.540. The summed E-state index contributed by atoms with van der Waals surface area (Å²) in [5.41, 5.74) is 22.2. The number of carbonyl (C=O) groups is 8. The maximum atomic E-state index is 14.3. The molecule has 762 valence electrons. The minimum atomic E-state index is -3.20. The molecule has 32 nitrogen and oxygen atoms in total. The molecule has 0 bridgehead atoms. The zero-order chi connectivity index (χ0) is 103. The summed E-state index contributed by atoms with van der Waals surface area (Å²) in [7, 11) is 0. The quantitative estimate of drug-likeness (QED) is 0.0141. The van der Waals surface area contributed by atoms with E-state index in [1.165, 1.54) is 37.9 Å². The largest absolute Gasteiger partial charge is 0.351 e. The second kappa shape index (κ2) is 46.6. The molecule has 0 spiro atoms. The molecule has 0 saturated heterocycles. The first-order chi connectivity index (χ1) is 64.8. The van der Waals surface area contributed by atoms with E-state index in [4.69, 9.17) is 22.9 Å². The third-order valence-electron chi connectivity index (χ3n) is 23.1. The Bertz CT molecular complexity index is 5720. The lowest BCUT2D eigenvalue weighted by atomic mass is 9.97. The Hall–Kier alpha value is -12.4. The number of hydrogen-bond acceptors (Lipinski definition) is 20. The van der Waals surface area contributed by atoms with Crippen molar-refractivity contribution in [2.45, 2.75) is 252 Å². The third kappa shape index (κ3) is 29.4. The lowest BCUT2D eigenvalue weighted by Crippen LogP contribution is -2.50. The molecule has 0 saturated carbocycles. The van der Waals surface area contributed by atoms with Crippen molar-refractivity contribution in [2.24, 2.45) is 40.7 Å². The first kappa shape index (κ1) is 110. The second-order valence-electron chi connectivity index (χ2n) is 35.2. The number of hydrogen-bond donors (Lipinski definition) is 8. The Labute approximate surface area is 782 Å². The van der Waals surface area contributed by atoms with Gasteiger partial charge in [0.1, 0.15) is 23.3 Å². The number of fused-ring (bicyclic) bond motifs is 4. The standard InChI is InChI=1S/2C23H29F5N6O2.C22H27F5N6O2.C19H21F5N6O2/c1-12(2)6-18(29)21(36)30-14(7-13-8-16(25)17(26)10-15(13)24)9-20(35)33-4-5-34-19(11-33)31-32-22(34)23(3,27)28;1-4-12(2)20(29)21(36)30-14(7-13-8-16(25)17(26)10-15(13)24)9-19(35)33-5-6-34-18(11-33)31-32-22(34)23(3,27)28;1-11(2)19(28)20(35)29-13(6-12-7-15(24)16(25)9-14(12)23)8-18(34)32-4-5-33-17(10-32)30-31-21(33)22(3,26)27;1-19(23,24)18-28-27-15-9-29(2-3-30(15)18)17(32)6-11(26-16(31)8-25)4-10-5-13(21)14(22)7-12(10)20/h8,10,12,14,18H,4-7,9,11,29H2,1-3H3,(H,30,36);8,10,12,14,20H,4-7,9,11,29H2,1-3H3,(H,30,36);7,9,11,13,19H,4-6,8,10,28H2,1-3H3,(H,29,35);5,7,11H,2-4,6,8-9,25H2,1H3,(H,26,31). The van der Waals surface area contributed by atoms with Crippen LogP contribution in [0.3, 0.4) is 0 Å². The molecule has 12 N–H and O–H groups in total. The molecule has 4 aliphatic rings. The fourth-order valence-corrected chi connectivity index (χ4v) is 15.4. The van der Waals surface area contributed by atoms with Gasteiger partial charge in [0.25, 0.3) is 0 Å². The topological polar surface area (TPSA) is 425 Å². The molecule has 8 atom stereocenters. The van der Waals surface area contributed by atoms with Crippen molar-refractivity contribution in [1.29, 1.82) is 0 Å². The minimum absolute atomic E-state index is 0.0416. The lowest BCUT2D eigenvalue weighted by Gasteiger charge is -2.30. The van der Waals surface area contributed by atoms with Crippen LogP contribution in [0, 0.1) is 87.6 Å². The average molecular weight is 2000 g/mol. The highest BCUT2D eigenvalue weighted by molar-refractivity contribution is 5.86.